The molecule has 128 valence electrons. The number of benzene rings is 2. The van der Waals surface area contributed by atoms with Crippen LogP contribution in [0.2, 0.25) is 0 Å². The van der Waals surface area contributed by atoms with Gasteiger partial charge in [-0.2, -0.15) is 0 Å². The number of fused-ring (bicyclic) bond motifs is 1. The average Bonchev–Trinajstić information content (AvgIpc) is 2.57. The van der Waals surface area contributed by atoms with E-state index in [1.165, 1.54) is 16.3 Å². The lowest BCUT2D eigenvalue weighted by Gasteiger charge is -2.15. The average molecular weight is 344 g/mol. The highest BCUT2D eigenvalue weighted by Gasteiger charge is 2.10. The maximum Gasteiger partial charge on any atom is 0.0591 e. The zero-order valence-corrected chi connectivity index (χ0v) is 15.4. The van der Waals surface area contributed by atoms with E-state index < -0.39 is 0 Å². The Hall–Kier alpha value is -1.79. The van der Waals surface area contributed by atoms with E-state index in [0.717, 1.165) is 6.54 Å². The number of halogens is 1. The summed E-state index contributed by atoms with van der Waals surface area (Å²) in [6, 6.07) is 15.2. The number of aliphatic hydroxyl groups is 1. The minimum atomic E-state index is -0.339. The topological polar surface area (TPSA) is 32.3 Å². The van der Waals surface area contributed by atoms with Gasteiger partial charge in [0.15, 0.2) is 0 Å². The molecule has 1 unspecified atom stereocenters. The first-order valence-electron chi connectivity index (χ1n) is 8.03. The van der Waals surface area contributed by atoms with Gasteiger partial charge in [0.1, 0.15) is 0 Å². The Morgan fingerprint density at radius 3 is 2.62 bits per heavy atom. The molecule has 0 heterocycles. The number of rotatable bonds is 5. The Kier molecular flexibility index (Phi) is 8.01. The molecule has 2 aromatic rings. The number of hydrogen-bond donors (Lipinski definition) is 2. The summed E-state index contributed by atoms with van der Waals surface area (Å²) >= 11 is 0. The molecule has 0 aliphatic heterocycles. The van der Waals surface area contributed by atoms with Crippen LogP contribution in [-0.4, -0.2) is 18.3 Å². The second-order valence-electron chi connectivity index (χ2n) is 6.41. The molecule has 2 N–H and O–H groups in total. The van der Waals surface area contributed by atoms with Crippen molar-refractivity contribution in [3.63, 3.8) is 0 Å². The minimum Gasteiger partial charge on any atom is -0.395 e. The standard InChI is InChI=1S/C21H25NO.ClH/c1-17(22-15-8-4-7-14-21(2,3)16-23)19-13-9-11-18-10-5-6-12-20(18)19;/h4-6,8-13,17,22-23H,15-16H2,1-3H3;1H/b8-4+;. The van der Waals surface area contributed by atoms with Crippen molar-refractivity contribution in [3.05, 3.63) is 60.2 Å². The number of hydrogen-bond acceptors (Lipinski definition) is 2. The largest absolute Gasteiger partial charge is 0.395 e. The fourth-order valence-electron chi connectivity index (χ4n) is 2.38. The van der Waals surface area contributed by atoms with Crippen molar-refractivity contribution in [2.45, 2.75) is 26.8 Å². The lowest BCUT2D eigenvalue weighted by atomic mass is 9.96. The van der Waals surface area contributed by atoms with Crippen molar-refractivity contribution in [2.24, 2.45) is 5.41 Å². The van der Waals surface area contributed by atoms with Gasteiger partial charge in [-0.1, -0.05) is 60.4 Å². The second kappa shape index (κ2) is 9.49. The normalized spacial score (nSPS) is 12.5. The van der Waals surface area contributed by atoms with Gasteiger partial charge in [-0.3, -0.25) is 0 Å². The third kappa shape index (κ3) is 5.69. The molecule has 0 bridgehead atoms. The SMILES string of the molecule is CC(NC/C=C/C#CC(C)(C)CO)c1cccc2ccccc12.Cl. The van der Waals surface area contributed by atoms with E-state index in [1.54, 1.807) is 0 Å². The molecule has 2 aromatic carbocycles. The molecule has 0 saturated heterocycles. The predicted octanol–water partition coefficient (Wildman–Crippen LogP) is 4.49. The monoisotopic (exact) mass is 343 g/mol. The van der Waals surface area contributed by atoms with Crippen LogP contribution in [0.3, 0.4) is 0 Å². The third-order valence-corrected chi connectivity index (χ3v) is 3.84. The van der Waals surface area contributed by atoms with Crippen LogP contribution in [0.25, 0.3) is 10.8 Å². The minimum absolute atomic E-state index is 0. The van der Waals surface area contributed by atoms with Crippen LogP contribution in [-0.2, 0) is 0 Å². The number of aliphatic hydroxyl groups excluding tert-OH is 1. The van der Waals surface area contributed by atoms with Crippen molar-refractivity contribution < 1.29 is 5.11 Å². The first kappa shape index (κ1) is 20.3. The van der Waals surface area contributed by atoms with Crippen LogP contribution in [0.15, 0.2) is 54.6 Å². The smallest absolute Gasteiger partial charge is 0.0591 e. The molecule has 3 heteroatoms. The van der Waals surface area contributed by atoms with E-state index in [9.17, 15) is 0 Å². The summed E-state index contributed by atoms with van der Waals surface area (Å²) in [6.07, 6.45) is 3.86. The van der Waals surface area contributed by atoms with Crippen molar-refractivity contribution in [1.29, 1.82) is 0 Å². The van der Waals surface area contributed by atoms with E-state index in [2.05, 4.69) is 66.5 Å². The van der Waals surface area contributed by atoms with Gasteiger partial charge in [0.25, 0.3) is 0 Å². The van der Waals surface area contributed by atoms with Gasteiger partial charge in [-0.05, 0) is 43.2 Å². The third-order valence-electron chi connectivity index (χ3n) is 3.84. The van der Waals surface area contributed by atoms with E-state index in [0.29, 0.717) is 0 Å². The molecule has 0 spiro atoms. The van der Waals surface area contributed by atoms with Gasteiger partial charge in [0, 0.05) is 18.0 Å². The summed E-state index contributed by atoms with van der Waals surface area (Å²) in [5.74, 6) is 6.03. The van der Waals surface area contributed by atoms with Crippen LogP contribution < -0.4 is 5.32 Å². The summed E-state index contributed by atoms with van der Waals surface area (Å²) in [4.78, 5) is 0. The van der Waals surface area contributed by atoms with Crippen LogP contribution in [0.1, 0.15) is 32.4 Å². The van der Waals surface area contributed by atoms with E-state index in [-0.39, 0.29) is 30.5 Å². The second-order valence-corrected chi connectivity index (χ2v) is 6.41. The predicted molar refractivity (Wildman–Crippen MR) is 105 cm³/mol. The summed E-state index contributed by atoms with van der Waals surface area (Å²) in [5.41, 5.74) is 0.970. The van der Waals surface area contributed by atoms with Crippen LogP contribution in [0, 0.1) is 17.3 Å². The van der Waals surface area contributed by atoms with Gasteiger partial charge >= 0.3 is 0 Å². The van der Waals surface area contributed by atoms with Crippen LogP contribution in [0.4, 0.5) is 0 Å². The number of nitrogens with one attached hydrogen (secondary N) is 1. The Balaban J connectivity index is 0.00000288. The fourth-order valence-corrected chi connectivity index (χ4v) is 2.38. The highest BCUT2D eigenvalue weighted by Crippen LogP contribution is 2.23. The summed E-state index contributed by atoms with van der Waals surface area (Å²) in [7, 11) is 0. The van der Waals surface area contributed by atoms with Gasteiger partial charge < -0.3 is 10.4 Å². The molecular weight excluding hydrogens is 318 g/mol. The lowest BCUT2D eigenvalue weighted by Crippen LogP contribution is -2.18. The Morgan fingerprint density at radius 1 is 1.17 bits per heavy atom. The van der Waals surface area contributed by atoms with Crippen molar-refractivity contribution >= 4 is 23.2 Å². The van der Waals surface area contributed by atoms with E-state index in [4.69, 9.17) is 5.11 Å². The molecule has 0 saturated carbocycles. The molecule has 0 amide bonds. The molecule has 2 rings (SSSR count). The van der Waals surface area contributed by atoms with Crippen LogP contribution in [0.5, 0.6) is 0 Å². The van der Waals surface area contributed by atoms with Gasteiger partial charge in [-0.25, -0.2) is 0 Å². The maximum atomic E-state index is 9.14. The first-order valence-corrected chi connectivity index (χ1v) is 8.03. The highest BCUT2D eigenvalue weighted by atomic mass is 35.5. The molecule has 24 heavy (non-hydrogen) atoms. The first-order chi connectivity index (χ1) is 11.0. The Labute approximate surface area is 151 Å². The summed E-state index contributed by atoms with van der Waals surface area (Å²) in [5, 5.41) is 15.2. The molecular formula is C21H26ClNO. The van der Waals surface area contributed by atoms with Gasteiger partial charge in [0.2, 0.25) is 0 Å². The molecule has 0 aromatic heterocycles. The van der Waals surface area contributed by atoms with E-state index in [1.807, 2.05) is 26.0 Å². The summed E-state index contributed by atoms with van der Waals surface area (Å²) in [6.45, 7) is 6.86. The molecule has 2 nitrogen and oxygen atoms in total. The summed E-state index contributed by atoms with van der Waals surface area (Å²) < 4.78 is 0. The van der Waals surface area contributed by atoms with Gasteiger partial charge in [-0.15, -0.1) is 12.4 Å². The quantitative estimate of drug-likeness (QED) is 0.784. The molecule has 1 atom stereocenters. The van der Waals surface area contributed by atoms with Crippen molar-refractivity contribution in [3.8, 4) is 11.8 Å². The van der Waals surface area contributed by atoms with E-state index >= 15 is 0 Å². The lowest BCUT2D eigenvalue weighted by molar-refractivity contribution is 0.207. The zero-order valence-electron chi connectivity index (χ0n) is 14.5. The molecule has 0 radical (unpaired) electrons. The van der Waals surface area contributed by atoms with Crippen molar-refractivity contribution in [2.75, 3.05) is 13.2 Å². The Morgan fingerprint density at radius 2 is 1.88 bits per heavy atom. The zero-order chi connectivity index (χ0) is 16.7. The highest BCUT2D eigenvalue weighted by molar-refractivity contribution is 5.86. The number of allylic oxidation sites excluding steroid dienone is 1. The molecule has 0 aliphatic rings. The van der Waals surface area contributed by atoms with Crippen molar-refractivity contribution in [1.82, 2.24) is 5.32 Å². The maximum absolute atomic E-state index is 9.14. The Bertz CT molecular complexity index is 735. The molecule has 0 aliphatic carbocycles. The fraction of sp³-hybridized carbons (Fsp3) is 0.333. The molecule has 0 fully saturated rings. The van der Waals surface area contributed by atoms with Gasteiger partial charge in [0.05, 0.1) is 6.61 Å². The van der Waals surface area contributed by atoms with Crippen LogP contribution >= 0.6 is 12.4 Å².